The quantitative estimate of drug-likeness (QED) is 0.259. The molecule has 7 nitrogen and oxygen atoms in total. The summed E-state index contributed by atoms with van der Waals surface area (Å²) in [6.07, 6.45) is 7.52. The summed E-state index contributed by atoms with van der Waals surface area (Å²) in [5.74, 6) is 1.31. The number of fused-ring (bicyclic) bond motifs is 2. The van der Waals surface area contributed by atoms with E-state index in [4.69, 9.17) is 32.8 Å². The van der Waals surface area contributed by atoms with Crippen molar-refractivity contribution >= 4 is 8.32 Å². The minimum absolute atomic E-state index is 0.0246. The molecular weight excluding hydrogens is 560 g/mol. The number of hydrogen-bond donors (Lipinski definition) is 0. The molecule has 0 aliphatic carbocycles. The van der Waals surface area contributed by atoms with Gasteiger partial charge < -0.3 is 32.8 Å². The van der Waals surface area contributed by atoms with Crippen molar-refractivity contribution in [3.05, 3.63) is 108 Å². The fourth-order valence-corrected chi connectivity index (χ4v) is 6.71. The molecule has 2 aromatic carbocycles. The van der Waals surface area contributed by atoms with Crippen molar-refractivity contribution in [3.63, 3.8) is 0 Å². The molecule has 4 aliphatic heterocycles. The second-order valence-corrected chi connectivity index (χ2v) is 17.9. The number of allylic oxidation sites excluding steroid dienone is 2. The largest absolute Gasteiger partial charge is 0.482 e. The maximum atomic E-state index is 7.02. The van der Waals surface area contributed by atoms with Gasteiger partial charge in [0.15, 0.2) is 38.5 Å². The van der Waals surface area contributed by atoms with Crippen LogP contribution in [0.5, 0.6) is 0 Å². The van der Waals surface area contributed by atoms with Gasteiger partial charge in [-0.05, 0) is 43.1 Å². The van der Waals surface area contributed by atoms with Crippen LogP contribution in [0.25, 0.3) is 0 Å². The summed E-state index contributed by atoms with van der Waals surface area (Å²) in [6, 6.07) is 20.1. The first-order chi connectivity index (χ1) is 20.7. The standard InChI is InChI=1S/C35H44O7Si/c1-35(2,3)43(4,5)42-29-21-28(39-31-23-37-34(41-32(29)31)25-17-11-7-12-18-25)26-19-13-8-14-20-27-30(38-26)22-36-33(40-27)24-15-9-6-10-16-24/h6-12,14-19,21,27,29-34H,13,20,22-23H2,1-5H3/b14-8-,26-19-/t27-,29+,30+,31+,32-,33+,34+/m0/s1. The van der Waals surface area contributed by atoms with Gasteiger partial charge in [0.25, 0.3) is 0 Å². The summed E-state index contributed by atoms with van der Waals surface area (Å²) in [5, 5.41) is 0.0246. The van der Waals surface area contributed by atoms with Crippen molar-refractivity contribution < 1.29 is 32.8 Å². The molecule has 0 bridgehead atoms. The number of hydrogen-bond acceptors (Lipinski definition) is 7. The van der Waals surface area contributed by atoms with Crippen LogP contribution in [0.4, 0.5) is 0 Å². The summed E-state index contributed by atoms with van der Waals surface area (Å²) in [6.45, 7) is 12.1. The van der Waals surface area contributed by atoms with E-state index >= 15 is 0 Å². The fraction of sp³-hybridized carbons (Fsp3) is 0.486. The van der Waals surface area contributed by atoms with E-state index < -0.39 is 20.9 Å². The van der Waals surface area contributed by atoms with E-state index in [2.05, 4.69) is 58.2 Å². The minimum Gasteiger partial charge on any atom is -0.482 e. The molecule has 7 atom stereocenters. The average molecular weight is 605 g/mol. The molecule has 2 saturated heterocycles. The fourth-order valence-electron chi connectivity index (χ4n) is 5.48. The normalized spacial score (nSPS) is 33.5. The first-order valence-corrected chi connectivity index (χ1v) is 18.3. The molecule has 2 fully saturated rings. The highest BCUT2D eigenvalue weighted by Gasteiger charge is 2.48. The third kappa shape index (κ3) is 6.85. The summed E-state index contributed by atoms with van der Waals surface area (Å²) in [7, 11) is -2.18. The lowest BCUT2D eigenvalue weighted by Gasteiger charge is -2.47. The molecule has 4 aliphatic rings. The van der Waals surface area contributed by atoms with Crippen molar-refractivity contribution in [3.8, 4) is 0 Å². The summed E-state index contributed by atoms with van der Waals surface area (Å²) in [4.78, 5) is 0. The van der Waals surface area contributed by atoms with Crippen LogP contribution in [0.2, 0.25) is 18.1 Å². The Morgan fingerprint density at radius 3 is 1.98 bits per heavy atom. The zero-order valence-corrected chi connectivity index (χ0v) is 26.8. The second-order valence-electron chi connectivity index (χ2n) is 13.1. The summed E-state index contributed by atoms with van der Waals surface area (Å²) >= 11 is 0. The van der Waals surface area contributed by atoms with Crippen LogP contribution in [-0.2, 0) is 32.8 Å². The van der Waals surface area contributed by atoms with Gasteiger partial charge in [-0.2, -0.15) is 0 Å². The van der Waals surface area contributed by atoms with E-state index in [0.717, 1.165) is 17.5 Å². The van der Waals surface area contributed by atoms with Crippen LogP contribution in [-0.4, -0.2) is 52.1 Å². The Labute approximate surface area is 256 Å². The number of ether oxygens (including phenoxy) is 6. The van der Waals surface area contributed by atoms with Crippen molar-refractivity contribution in [1.29, 1.82) is 0 Å². The third-order valence-electron chi connectivity index (χ3n) is 8.98. The molecule has 0 aromatic heterocycles. The van der Waals surface area contributed by atoms with Gasteiger partial charge in [0.1, 0.15) is 18.3 Å². The van der Waals surface area contributed by atoms with Gasteiger partial charge in [-0.1, -0.05) is 93.6 Å². The Morgan fingerprint density at radius 1 is 0.721 bits per heavy atom. The Bertz CT molecular complexity index is 1320. The van der Waals surface area contributed by atoms with E-state index in [9.17, 15) is 0 Å². The van der Waals surface area contributed by atoms with E-state index in [1.807, 2.05) is 60.7 Å². The van der Waals surface area contributed by atoms with E-state index in [-0.39, 0.29) is 35.6 Å². The molecule has 0 unspecified atom stereocenters. The lowest BCUT2D eigenvalue weighted by molar-refractivity contribution is -0.279. The second kappa shape index (κ2) is 12.7. The van der Waals surface area contributed by atoms with Crippen LogP contribution in [0.15, 0.2) is 96.5 Å². The SMILES string of the molecule is CC(C)(C)[Si](C)(C)O[C@@H]1C=C(/C2=C/C/C=C\C[C@@H]3O[C@H](c4ccccc4)OC[C@H]3O2)O[C@@H]2CO[C@@H](c3ccccc3)O[C@@H]12. The molecule has 8 heteroatoms. The highest BCUT2D eigenvalue weighted by molar-refractivity contribution is 6.74. The van der Waals surface area contributed by atoms with Gasteiger partial charge in [-0.25, -0.2) is 0 Å². The maximum absolute atomic E-state index is 7.02. The predicted octanol–water partition coefficient (Wildman–Crippen LogP) is 7.51. The molecule has 0 saturated carbocycles. The van der Waals surface area contributed by atoms with Crippen LogP contribution >= 0.6 is 0 Å². The first-order valence-electron chi connectivity index (χ1n) is 15.4. The molecule has 0 radical (unpaired) electrons. The van der Waals surface area contributed by atoms with Gasteiger partial charge in [-0.3, -0.25) is 0 Å². The molecule has 0 spiro atoms. The van der Waals surface area contributed by atoms with E-state index in [0.29, 0.717) is 31.2 Å². The highest BCUT2D eigenvalue weighted by atomic mass is 28.4. The molecule has 43 heavy (non-hydrogen) atoms. The van der Waals surface area contributed by atoms with Crippen molar-refractivity contribution in [2.45, 2.75) is 94.8 Å². The van der Waals surface area contributed by atoms with Crippen LogP contribution in [0, 0.1) is 0 Å². The Balaban J connectivity index is 1.26. The molecular formula is C35H44O7Si. The smallest absolute Gasteiger partial charge is 0.193 e. The zero-order valence-electron chi connectivity index (χ0n) is 25.8. The highest BCUT2D eigenvalue weighted by Crippen LogP contribution is 2.42. The molecule has 4 heterocycles. The third-order valence-corrected chi connectivity index (χ3v) is 13.5. The lowest BCUT2D eigenvalue weighted by Crippen LogP contribution is -2.55. The van der Waals surface area contributed by atoms with Crippen LogP contribution in [0.1, 0.15) is 57.3 Å². The van der Waals surface area contributed by atoms with Gasteiger partial charge >= 0.3 is 0 Å². The topological polar surface area (TPSA) is 64.6 Å². The summed E-state index contributed by atoms with van der Waals surface area (Å²) < 4.78 is 45.6. The Morgan fingerprint density at radius 2 is 1.33 bits per heavy atom. The average Bonchev–Trinajstić information content (AvgIpc) is 3.11. The van der Waals surface area contributed by atoms with E-state index in [1.165, 1.54) is 0 Å². The minimum atomic E-state index is -2.18. The summed E-state index contributed by atoms with van der Waals surface area (Å²) in [5.41, 5.74) is 1.98. The maximum Gasteiger partial charge on any atom is 0.193 e. The number of benzene rings is 2. The Kier molecular flexibility index (Phi) is 8.96. The van der Waals surface area contributed by atoms with E-state index in [1.54, 1.807) is 0 Å². The van der Waals surface area contributed by atoms with Crippen molar-refractivity contribution in [2.75, 3.05) is 13.2 Å². The van der Waals surface area contributed by atoms with Crippen molar-refractivity contribution in [2.24, 2.45) is 0 Å². The van der Waals surface area contributed by atoms with Crippen molar-refractivity contribution in [1.82, 2.24) is 0 Å². The van der Waals surface area contributed by atoms with Gasteiger partial charge in [0.2, 0.25) is 0 Å². The van der Waals surface area contributed by atoms with Gasteiger partial charge in [0, 0.05) is 11.1 Å². The number of rotatable bonds is 5. The predicted molar refractivity (Wildman–Crippen MR) is 166 cm³/mol. The Hall–Kier alpha value is -2.72. The monoisotopic (exact) mass is 604 g/mol. The van der Waals surface area contributed by atoms with Gasteiger partial charge in [-0.15, -0.1) is 0 Å². The van der Waals surface area contributed by atoms with Crippen LogP contribution < -0.4 is 0 Å². The molecule has 2 aromatic rings. The molecule has 230 valence electrons. The molecule has 0 amide bonds. The zero-order chi connectivity index (χ0) is 30.0. The van der Waals surface area contributed by atoms with Crippen LogP contribution in [0.3, 0.4) is 0 Å². The molecule has 0 N–H and O–H groups in total. The first kappa shape index (κ1) is 30.3. The lowest BCUT2D eigenvalue weighted by atomic mass is 10.0. The van der Waals surface area contributed by atoms with Gasteiger partial charge in [0.05, 0.1) is 19.3 Å². The molecule has 6 rings (SSSR count).